The summed E-state index contributed by atoms with van der Waals surface area (Å²) in [6.45, 7) is 0.893. The van der Waals surface area contributed by atoms with E-state index >= 15 is 0 Å². The molecule has 0 unspecified atom stereocenters. The number of carbonyl (C=O) groups excluding carboxylic acids is 1. The molecule has 0 fully saturated rings. The summed E-state index contributed by atoms with van der Waals surface area (Å²) in [6, 6.07) is 5.59. The van der Waals surface area contributed by atoms with Gasteiger partial charge in [-0.15, -0.1) is 11.3 Å². The predicted octanol–water partition coefficient (Wildman–Crippen LogP) is 2.49. The van der Waals surface area contributed by atoms with Gasteiger partial charge in [0, 0.05) is 19.9 Å². The number of methoxy groups -OCH3 is 1. The van der Waals surface area contributed by atoms with E-state index in [0.29, 0.717) is 28.7 Å². The summed E-state index contributed by atoms with van der Waals surface area (Å²) in [4.78, 5) is 17.4. The van der Waals surface area contributed by atoms with Gasteiger partial charge in [-0.3, -0.25) is 4.79 Å². The van der Waals surface area contributed by atoms with Gasteiger partial charge in [0.2, 0.25) is 0 Å². The van der Waals surface area contributed by atoms with Crippen molar-refractivity contribution in [3.63, 3.8) is 0 Å². The molecule has 0 aliphatic heterocycles. The number of thiophene rings is 1. The first-order valence-corrected chi connectivity index (χ1v) is 7.75. The number of nitrogens with one attached hydrogen (secondary N) is 1. The number of fused-ring (bicyclic) bond motifs is 1. The number of nitrogens with zero attached hydrogens (tertiary/aromatic N) is 3. The van der Waals surface area contributed by atoms with E-state index < -0.39 is 0 Å². The highest BCUT2D eigenvalue weighted by atomic mass is 35.5. The number of halogens is 1. The van der Waals surface area contributed by atoms with Crippen LogP contribution in [-0.2, 0) is 4.74 Å². The second kappa shape index (κ2) is 6.43. The van der Waals surface area contributed by atoms with Crippen LogP contribution in [0.3, 0.4) is 0 Å². The Labute approximate surface area is 135 Å². The fourth-order valence-corrected chi connectivity index (χ4v) is 3.11. The van der Waals surface area contributed by atoms with Gasteiger partial charge in [0.1, 0.15) is 5.56 Å². The SMILES string of the molecule is COCCNC(=O)c1cnn2c(-c3ccc(Cl)s3)ccnc12. The third kappa shape index (κ3) is 2.83. The molecule has 3 rings (SSSR count). The summed E-state index contributed by atoms with van der Waals surface area (Å²) in [5, 5.41) is 7.04. The van der Waals surface area contributed by atoms with E-state index in [4.69, 9.17) is 16.3 Å². The number of aromatic nitrogens is 3. The van der Waals surface area contributed by atoms with Crippen molar-refractivity contribution >= 4 is 34.5 Å². The van der Waals surface area contributed by atoms with Gasteiger partial charge in [-0.05, 0) is 18.2 Å². The molecule has 1 N–H and O–H groups in total. The van der Waals surface area contributed by atoms with Crippen molar-refractivity contribution in [3.05, 3.63) is 40.5 Å². The summed E-state index contributed by atoms with van der Waals surface area (Å²) in [5.41, 5.74) is 1.79. The zero-order valence-corrected chi connectivity index (χ0v) is 13.3. The summed E-state index contributed by atoms with van der Waals surface area (Å²) < 4.78 is 7.26. The van der Waals surface area contributed by atoms with E-state index in [-0.39, 0.29) is 5.91 Å². The van der Waals surface area contributed by atoms with E-state index in [2.05, 4.69) is 15.4 Å². The standard InChI is InChI=1S/C14H13ClN4O2S/c1-21-7-6-17-14(20)9-8-18-19-10(4-5-16-13(9)19)11-2-3-12(15)22-11/h2-5,8H,6-7H2,1H3,(H,17,20). The first kappa shape index (κ1) is 15.0. The highest BCUT2D eigenvalue weighted by Crippen LogP contribution is 2.31. The third-order valence-electron chi connectivity index (χ3n) is 3.06. The first-order valence-electron chi connectivity index (χ1n) is 6.56. The molecule has 0 spiro atoms. The molecular formula is C14H13ClN4O2S. The Morgan fingerprint density at radius 1 is 1.45 bits per heavy atom. The van der Waals surface area contributed by atoms with Gasteiger partial charge in [0.25, 0.3) is 5.91 Å². The number of hydrogen-bond donors (Lipinski definition) is 1. The highest BCUT2D eigenvalue weighted by Gasteiger charge is 2.16. The van der Waals surface area contributed by atoms with Gasteiger partial charge < -0.3 is 10.1 Å². The molecule has 3 aromatic rings. The molecule has 0 bridgehead atoms. The lowest BCUT2D eigenvalue weighted by atomic mass is 10.3. The van der Waals surface area contributed by atoms with Crippen LogP contribution in [0.25, 0.3) is 16.2 Å². The molecule has 8 heteroatoms. The average Bonchev–Trinajstić information content (AvgIpc) is 3.13. The summed E-state index contributed by atoms with van der Waals surface area (Å²) in [7, 11) is 1.58. The van der Waals surface area contributed by atoms with Gasteiger partial charge >= 0.3 is 0 Å². The third-order valence-corrected chi connectivity index (χ3v) is 4.32. The molecule has 0 aliphatic rings. The van der Waals surface area contributed by atoms with Crippen LogP contribution >= 0.6 is 22.9 Å². The molecule has 0 saturated carbocycles. The molecule has 0 aliphatic carbocycles. The van der Waals surface area contributed by atoms with Crippen LogP contribution in [0.5, 0.6) is 0 Å². The van der Waals surface area contributed by atoms with Crippen LogP contribution in [-0.4, -0.2) is 40.8 Å². The fraction of sp³-hybridized carbons (Fsp3) is 0.214. The van der Waals surface area contributed by atoms with Gasteiger partial charge in [0.05, 0.1) is 27.7 Å². The number of carbonyl (C=O) groups is 1. The van der Waals surface area contributed by atoms with E-state index in [1.54, 1.807) is 17.8 Å². The van der Waals surface area contributed by atoms with Crippen molar-refractivity contribution in [3.8, 4) is 10.6 Å². The van der Waals surface area contributed by atoms with Crippen molar-refractivity contribution in [2.24, 2.45) is 0 Å². The van der Waals surface area contributed by atoms with Crippen LogP contribution in [0, 0.1) is 0 Å². The molecule has 22 heavy (non-hydrogen) atoms. The lowest BCUT2D eigenvalue weighted by Gasteiger charge is -2.04. The van der Waals surface area contributed by atoms with Gasteiger partial charge in [-0.1, -0.05) is 11.6 Å². The zero-order chi connectivity index (χ0) is 15.5. The fourth-order valence-electron chi connectivity index (χ4n) is 2.05. The first-order chi connectivity index (χ1) is 10.7. The summed E-state index contributed by atoms with van der Waals surface area (Å²) >= 11 is 7.44. The topological polar surface area (TPSA) is 68.5 Å². The van der Waals surface area contributed by atoms with E-state index in [0.717, 1.165) is 10.6 Å². The lowest BCUT2D eigenvalue weighted by molar-refractivity contribution is 0.0938. The Morgan fingerprint density at radius 3 is 3.05 bits per heavy atom. The Bertz CT molecular complexity index is 814. The van der Waals surface area contributed by atoms with Gasteiger partial charge in [-0.2, -0.15) is 5.10 Å². The summed E-state index contributed by atoms with van der Waals surface area (Å²) in [5.74, 6) is -0.221. The zero-order valence-electron chi connectivity index (χ0n) is 11.7. The van der Waals surface area contributed by atoms with Crippen LogP contribution in [0.4, 0.5) is 0 Å². The minimum Gasteiger partial charge on any atom is -0.383 e. The average molecular weight is 337 g/mol. The number of ether oxygens (including phenoxy) is 1. The maximum Gasteiger partial charge on any atom is 0.256 e. The van der Waals surface area contributed by atoms with Crippen LogP contribution in [0.15, 0.2) is 30.6 Å². The Kier molecular flexibility index (Phi) is 4.37. The molecule has 3 aromatic heterocycles. The van der Waals surface area contributed by atoms with Crippen molar-refractivity contribution in [2.45, 2.75) is 0 Å². The Morgan fingerprint density at radius 2 is 2.32 bits per heavy atom. The van der Waals surface area contributed by atoms with Crippen molar-refractivity contribution < 1.29 is 9.53 Å². The molecular weight excluding hydrogens is 324 g/mol. The second-order valence-electron chi connectivity index (χ2n) is 4.48. The Balaban J connectivity index is 1.97. The van der Waals surface area contributed by atoms with Crippen LogP contribution in [0.1, 0.15) is 10.4 Å². The predicted molar refractivity (Wildman–Crippen MR) is 85.5 cm³/mol. The lowest BCUT2D eigenvalue weighted by Crippen LogP contribution is -2.26. The quantitative estimate of drug-likeness (QED) is 0.727. The molecule has 114 valence electrons. The number of amides is 1. The van der Waals surface area contributed by atoms with Crippen molar-refractivity contribution in [2.75, 3.05) is 20.3 Å². The summed E-state index contributed by atoms with van der Waals surface area (Å²) in [6.07, 6.45) is 3.18. The molecule has 3 heterocycles. The van der Waals surface area contributed by atoms with E-state index in [1.807, 2.05) is 18.2 Å². The van der Waals surface area contributed by atoms with Gasteiger partial charge in [-0.25, -0.2) is 9.50 Å². The molecule has 0 aromatic carbocycles. The minimum absolute atomic E-state index is 0.221. The van der Waals surface area contributed by atoms with Crippen molar-refractivity contribution in [1.29, 1.82) is 0 Å². The minimum atomic E-state index is -0.221. The molecule has 0 radical (unpaired) electrons. The normalized spacial score (nSPS) is 11.0. The van der Waals surface area contributed by atoms with Crippen molar-refractivity contribution in [1.82, 2.24) is 19.9 Å². The molecule has 1 amide bonds. The molecule has 0 atom stereocenters. The maximum atomic E-state index is 12.2. The highest BCUT2D eigenvalue weighted by molar-refractivity contribution is 7.19. The van der Waals surface area contributed by atoms with Gasteiger partial charge in [0.15, 0.2) is 5.65 Å². The second-order valence-corrected chi connectivity index (χ2v) is 6.19. The van der Waals surface area contributed by atoms with E-state index in [1.165, 1.54) is 17.5 Å². The largest absolute Gasteiger partial charge is 0.383 e. The number of rotatable bonds is 5. The smallest absolute Gasteiger partial charge is 0.256 e. The number of hydrogen-bond acceptors (Lipinski definition) is 5. The monoisotopic (exact) mass is 336 g/mol. The van der Waals surface area contributed by atoms with Crippen LogP contribution < -0.4 is 5.32 Å². The van der Waals surface area contributed by atoms with E-state index in [9.17, 15) is 4.79 Å². The van der Waals surface area contributed by atoms with Crippen LogP contribution in [0.2, 0.25) is 4.34 Å². The Hall–Kier alpha value is -1.96. The molecule has 6 nitrogen and oxygen atoms in total. The molecule has 0 saturated heterocycles. The maximum absolute atomic E-state index is 12.2.